The van der Waals surface area contributed by atoms with E-state index in [1.807, 2.05) is 45.9 Å². The second-order valence-electron chi connectivity index (χ2n) is 7.35. The first-order chi connectivity index (χ1) is 11.8. The molecule has 3 rings (SSSR count). The van der Waals surface area contributed by atoms with E-state index in [0.717, 1.165) is 17.1 Å². The fourth-order valence-corrected chi connectivity index (χ4v) is 3.67. The Labute approximate surface area is 149 Å². The van der Waals surface area contributed by atoms with Gasteiger partial charge in [-0.05, 0) is 31.5 Å². The fourth-order valence-electron chi connectivity index (χ4n) is 3.67. The van der Waals surface area contributed by atoms with Crippen LogP contribution in [0.15, 0.2) is 18.2 Å². The quantitative estimate of drug-likeness (QED) is 0.854. The molecular formula is C19H28N2O4. The molecule has 1 saturated carbocycles. The predicted octanol–water partition coefficient (Wildman–Crippen LogP) is 2.30. The van der Waals surface area contributed by atoms with Gasteiger partial charge in [-0.3, -0.25) is 4.79 Å². The normalized spacial score (nSPS) is 26.2. The monoisotopic (exact) mass is 348 g/mol. The number of nitrogens with zero attached hydrogens (tertiary/aromatic N) is 1. The molecule has 138 valence electrons. The SMILES string of the molecule is CCOC1CC(N)(C(=O)N(CC)Cc2ccc3c(c2)OCO3)C1(C)C. The van der Waals surface area contributed by atoms with Crippen LogP contribution in [0.25, 0.3) is 0 Å². The Kier molecular flexibility index (Phi) is 4.68. The summed E-state index contributed by atoms with van der Waals surface area (Å²) in [5.41, 5.74) is 6.27. The minimum Gasteiger partial charge on any atom is -0.454 e. The van der Waals surface area contributed by atoms with Crippen LogP contribution >= 0.6 is 0 Å². The van der Waals surface area contributed by atoms with Crippen LogP contribution in [0.5, 0.6) is 11.5 Å². The summed E-state index contributed by atoms with van der Waals surface area (Å²) >= 11 is 0. The number of amides is 1. The highest BCUT2D eigenvalue weighted by Crippen LogP contribution is 2.50. The van der Waals surface area contributed by atoms with Crippen LogP contribution in [0, 0.1) is 5.41 Å². The molecule has 6 heteroatoms. The molecule has 1 heterocycles. The summed E-state index contributed by atoms with van der Waals surface area (Å²) in [6.07, 6.45) is 0.584. The Balaban J connectivity index is 1.74. The van der Waals surface area contributed by atoms with Crippen LogP contribution in [-0.4, -0.2) is 42.4 Å². The molecule has 1 aliphatic heterocycles. The highest BCUT2D eigenvalue weighted by molar-refractivity contribution is 5.89. The van der Waals surface area contributed by atoms with Crippen molar-refractivity contribution < 1.29 is 19.0 Å². The molecular weight excluding hydrogens is 320 g/mol. The first kappa shape index (κ1) is 18.0. The Morgan fingerprint density at radius 1 is 1.32 bits per heavy atom. The standard InChI is InChI=1S/C19H28N2O4/c1-5-21(11-13-7-8-14-15(9-13)25-12-24-14)17(22)19(20)10-16(23-6-2)18(19,3)4/h7-9,16H,5-6,10-12,20H2,1-4H3. The summed E-state index contributed by atoms with van der Waals surface area (Å²) < 4.78 is 16.5. The van der Waals surface area contributed by atoms with Gasteiger partial charge in [-0.1, -0.05) is 19.9 Å². The van der Waals surface area contributed by atoms with Gasteiger partial charge >= 0.3 is 0 Å². The average molecular weight is 348 g/mol. The third kappa shape index (κ3) is 2.87. The van der Waals surface area contributed by atoms with Gasteiger partial charge in [-0.25, -0.2) is 0 Å². The smallest absolute Gasteiger partial charge is 0.243 e. The number of benzene rings is 1. The molecule has 25 heavy (non-hydrogen) atoms. The zero-order valence-corrected chi connectivity index (χ0v) is 15.5. The third-order valence-corrected chi connectivity index (χ3v) is 5.69. The number of carbonyl (C=O) groups is 1. The summed E-state index contributed by atoms with van der Waals surface area (Å²) in [4.78, 5) is 15.0. The van der Waals surface area contributed by atoms with Crippen molar-refractivity contribution in [2.45, 2.75) is 52.3 Å². The van der Waals surface area contributed by atoms with Crippen molar-refractivity contribution in [1.82, 2.24) is 4.90 Å². The van der Waals surface area contributed by atoms with Gasteiger partial charge in [0.25, 0.3) is 0 Å². The van der Waals surface area contributed by atoms with Gasteiger partial charge in [0.1, 0.15) is 5.54 Å². The Bertz CT molecular complexity index is 661. The van der Waals surface area contributed by atoms with Crippen LogP contribution in [0.3, 0.4) is 0 Å². The Morgan fingerprint density at radius 2 is 2.04 bits per heavy atom. The molecule has 1 aromatic carbocycles. The molecule has 6 nitrogen and oxygen atoms in total. The lowest BCUT2D eigenvalue weighted by Gasteiger charge is -2.58. The van der Waals surface area contributed by atoms with Crippen molar-refractivity contribution in [2.24, 2.45) is 11.1 Å². The Hall–Kier alpha value is -1.79. The van der Waals surface area contributed by atoms with Crippen LogP contribution < -0.4 is 15.2 Å². The number of rotatable bonds is 6. The van der Waals surface area contributed by atoms with E-state index in [9.17, 15) is 4.79 Å². The average Bonchev–Trinajstić information content (AvgIpc) is 3.06. The number of hydrogen-bond donors (Lipinski definition) is 1. The van der Waals surface area contributed by atoms with Crippen molar-refractivity contribution in [3.05, 3.63) is 23.8 Å². The summed E-state index contributed by atoms with van der Waals surface area (Å²) in [5.74, 6) is 1.45. The lowest BCUT2D eigenvalue weighted by Crippen LogP contribution is -2.76. The molecule has 2 aliphatic rings. The van der Waals surface area contributed by atoms with Crippen molar-refractivity contribution >= 4 is 5.91 Å². The maximum Gasteiger partial charge on any atom is 0.243 e. The van der Waals surface area contributed by atoms with Gasteiger partial charge in [0.05, 0.1) is 6.10 Å². The molecule has 0 saturated heterocycles. The molecule has 2 atom stereocenters. The number of ether oxygens (including phenoxy) is 3. The Morgan fingerprint density at radius 3 is 2.68 bits per heavy atom. The summed E-state index contributed by atoms with van der Waals surface area (Å²) in [7, 11) is 0. The van der Waals surface area contributed by atoms with E-state index in [1.54, 1.807) is 4.90 Å². The molecule has 1 aromatic rings. The first-order valence-corrected chi connectivity index (χ1v) is 8.92. The van der Waals surface area contributed by atoms with Crippen LogP contribution in [-0.2, 0) is 16.1 Å². The van der Waals surface area contributed by atoms with Gasteiger partial charge < -0.3 is 24.8 Å². The molecule has 2 N–H and O–H groups in total. The largest absolute Gasteiger partial charge is 0.454 e. The number of fused-ring (bicyclic) bond motifs is 1. The van der Waals surface area contributed by atoms with Gasteiger partial charge in [-0.15, -0.1) is 0 Å². The highest BCUT2D eigenvalue weighted by Gasteiger charge is 2.63. The zero-order valence-electron chi connectivity index (χ0n) is 15.5. The molecule has 0 bridgehead atoms. The number of likely N-dealkylation sites (N-methyl/N-ethyl adjacent to an activating group) is 1. The number of nitrogens with two attached hydrogens (primary N) is 1. The van der Waals surface area contributed by atoms with E-state index in [2.05, 4.69) is 0 Å². The molecule has 2 unspecified atom stereocenters. The minimum atomic E-state index is -0.890. The van der Waals surface area contributed by atoms with Gasteiger partial charge in [0.2, 0.25) is 12.7 Å². The maximum absolute atomic E-state index is 13.2. The van der Waals surface area contributed by atoms with Gasteiger partial charge in [-0.2, -0.15) is 0 Å². The summed E-state index contributed by atoms with van der Waals surface area (Å²) in [6.45, 7) is 9.95. The molecule has 0 spiro atoms. The van der Waals surface area contributed by atoms with E-state index < -0.39 is 5.54 Å². The van der Waals surface area contributed by atoms with Crippen molar-refractivity contribution in [3.8, 4) is 11.5 Å². The second kappa shape index (κ2) is 6.50. The van der Waals surface area contributed by atoms with Crippen molar-refractivity contribution in [1.29, 1.82) is 0 Å². The maximum atomic E-state index is 13.2. The van der Waals surface area contributed by atoms with E-state index in [-0.39, 0.29) is 24.2 Å². The van der Waals surface area contributed by atoms with Gasteiger partial charge in [0.15, 0.2) is 11.5 Å². The number of hydrogen-bond acceptors (Lipinski definition) is 5. The first-order valence-electron chi connectivity index (χ1n) is 8.92. The molecule has 1 amide bonds. The lowest BCUT2D eigenvalue weighted by atomic mass is 9.54. The molecule has 1 fully saturated rings. The third-order valence-electron chi connectivity index (χ3n) is 5.69. The number of carbonyl (C=O) groups excluding carboxylic acids is 1. The van der Waals surface area contributed by atoms with Crippen molar-refractivity contribution in [2.75, 3.05) is 19.9 Å². The topological polar surface area (TPSA) is 74.0 Å². The van der Waals surface area contributed by atoms with E-state index in [1.165, 1.54) is 0 Å². The van der Waals surface area contributed by atoms with E-state index in [0.29, 0.717) is 26.1 Å². The summed E-state index contributed by atoms with van der Waals surface area (Å²) in [5, 5.41) is 0. The minimum absolute atomic E-state index is 0.0198. The van der Waals surface area contributed by atoms with Crippen molar-refractivity contribution in [3.63, 3.8) is 0 Å². The summed E-state index contributed by atoms with van der Waals surface area (Å²) in [6, 6.07) is 5.77. The second-order valence-corrected chi connectivity index (χ2v) is 7.35. The van der Waals surface area contributed by atoms with E-state index in [4.69, 9.17) is 19.9 Å². The zero-order chi connectivity index (χ0) is 18.2. The van der Waals surface area contributed by atoms with Gasteiger partial charge in [0, 0.05) is 31.5 Å². The predicted molar refractivity (Wildman–Crippen MR) is 94.4 cm³/mol. The molecule has 0 radical (unpaired) electrons. The fraction of sp³-hybridized carbons (Fsp3) is 0.632. The lowest BCUT2D eigenvalue weighted by molar-refractivity contribution is -0.179. The van der Waals surface area contributed by atoms with Crippen LogP contribution in [0.1, 0.15) is 39.7 Å². The van der Waals surface area contributed by atoms with E-state index >= 15 is 0 Å². The molecule has 0 aromatic heterocycles. The highest BCUT2D eigenvalue weighted by atomic mass is 16.7. The molecule has 1 aliphatic carbocycles. The van der Waals surface area contributed by atoms with Crippen LogP contribution in [0.2, 0.25) is 0 Å². The van der Waals surface area contributed by atoms with Crippen LogP contribution in [0.4, 0.5) is 0 Å².